The fourth-order valence-electron chi connectivity index (χ4n) is 0.797. The second-order valence-corrected chi connectivity index (χ2v) is 3.39. The van der Waals surface area contributed by atoms with E-state index in [-0.39, 0.29) is 5.28 Å². The van der Waals surface area contributed by atoms with Gasteiger partial charge in [-0.15, -0.1) is 11.3 Å². The van der Waals surface area contributed by atoms with Gasteiger partial charge in [0.05, 0.1) is 5.52 Å². The lowest BCUT2D eigenvalue weighted by Gasteiger charge is -1.92. The van der Waals surface area contributed by atoms with Gasteiger partial charge < -0.3 is 0 Å². The molecule has 0 unspecified atom stereocenters. The van der Waals surface area contributed by atoms with Crippen molar-refractivity contribution < 1.29 is 0 Å². The summed E-state index contributed by atoms with van der Waals surface area (Å²) < 4.78 is 0. The number of halogens is 2. The van der Waals surface area contributed by atoms with Gasteiger partial charge in [-0.1, -0.05) is 11.6 Å². The molecule has 11 heavy (non-hydrogen) atoms. The molecule has 0 N–H and O–H groups in total. The van der Waals surface area contributed by atoms with Gasteiger partial charge in [-0.25, -0.2) is 9.97 Å². The number of hydrogen-bond donors (Lipinski definition) is 0. The van der Waals surface area contributed by atoms with Crippen LogP contribution in [0.1, 0.15) is 0 Å². The first kappa shape index (κ1) is 7.28. The zero-order valence-electron chi connectivity index (χ0n) is 5.21. The first-order valence-electron chi connectivity index (χ1n) is 2.82. The molecule has 5 heteroatoms. The molecule has 2 nitrogen and oxygen atoms in total. The van der Waals surface area contributed by atoms with Gasteiger partial charge in [-0.05, 0) is 11.6 Å². The molecule has 0 spiro atoms. The second-order valence-electron chi connectivity index (χ2n) is 1.95. The van der Waals surface area contributed by atoms with Crippen LogP contribution in [0.2, 0.25) is 10.4 Å². The largest absolute Gasteiger partial charge is 0.224 e. The molecular weight excluding hydrogens is 203 g/mol. The molecule has 0 aliphatic heterocycles. The Bertz CT molecular complexity index is 398. The molecule has 0 aliphatic carbocycles. The normalized spacial score (nSPS) is 10.7. The maximum Gasteiger partial charge on any atom is 0.224 e. The Labute approximate surface area is 76.8 Å². The Balaban J connectivity index is 2.91. The highest BCUT2D eigenvalue weighted by atomic mass is 35.5. The van der Waals surface area contributed by atoms with Crippen LogP contribution in [0.4, 0.5) is 0 Å². The number of hydrogen-bond acceptors (Lipinski definition) is 3. The molecule has 0 bridgehead atoms. The van der Waals surface area contributed by atoms with Crippen molar-refractivity contribution in [2.75, 3.05) is 0 Å². The number of nitrogens with zero attached hydrogens (tertiary/aromatic N) is 2. The van der Waals surface area contributed by atoms with Gasteiger partial charge >= 0.3 is 0 Å². The van der Waals surface area contributed by atoms with Gasteiger partial charge in [0.25, 0.3) is 0 Å². The minimum atomic E-state index is 0.195. The van der Waals surface area contributed by atoms with E-state index >= 15 is 0 Å². The third-order valence-corrected chi connectivity index (χ3v) is 2.46. The van der Waals surface area contributed by atoms with Crippen molar-refractivity contribution >= 4 is 45.4 Å². The first-order valence-corrected chi connectivity index (χ1v) is 4.52. The van der Waals surface area contributed by atoms with Gasteiger partial charge in [-0.2, -0.15) is 0 Å². The van der Waals surface area contributed by atoms with Crippen molar-refractivity contribution in [3.63, 3.8) is 0 Å². The van der Waals surface area contributed by atoms with E-state index in [4.69, 9.17) is 23.2 Å². The Hall–Kier alpha value is -0.380. The lowest BCUT2D eigenvalue weighted by molar-refractivity contribution is 1.23. The third-order valence-electron chi connectivity index (χ3n) is 1.27. The molecule has 2 rings (SSSR count). The smallest absolute Gasteiger partial charge is 0.217 e. The molecular formula is C6H2Cl2N2S. The summed E-state index contributed by atoms with van der Waals surface area (Å²) in [5, 5.41) is 5.26. The highest BCUT2D eigenvalue weighted by Gasteiger charge is 2.03. The second kappa shape index (κ2) is 2.59. The Morgan fingerprint density at radius 3 is 2.82 bits per heavy atom. The van der Waals surface area contributed by atoms with Crippen LogP contribution in [-0.4, -0.2) is 9.97 Å². The summed E-state index contributed by atoms with van der Waals surface area (Å²) in [6, 6.07) is 0. The summed E-state index contributed by atoms with van der Waals surface area (Å²) in [6.07, 6.45) is 0. The van der Waals surface area contributed by atoms with E-state index in [2.05, 4.69) is 9.97 Å². The number of rotatable bonds is 0. The topological polar surface area (TPSA) is 25.8 Å². The molecule has 0 atom stereocenters. The van der Waals surface area contributed by atoms with Gasteiger partial charge in [0, 0.05) is 16.1 Å². The molecule has 56 valence electrons. The molecule has 0 fully saturated rings. The molecule has 0 saturated heterocycles. The van der Waals surface area contributed by atoms with Crippen molar-refractivity contribution in [2.24, 2.45) is 0 Å². The number of fused-ring (bicyclic) bond motifs is 1. The summed E-state index contributed by atoms with van der Waals surface area (Å²) in [5.41, 5.74) is 0.806. The predicted octanol–water partition coefficient (Wildman–Crippen LogP) is 3.00. The maximum atomic E-state index is 5.77. The standard InChI is InChI=1S/C6H2Cl2N2S/c7-5-3-1-11-2-4(3)9-6(8)10-5/h1-2H. The van der Waals surface area contributed by atoms with Crippen LogP contribution >= 0.6 is 34.5 Å². The monoisotopic (exact) mass is 204 g/mol. The zero-order valence-corrected chi connectivity index (χ0v) is 7.54. The lowest BCUT2D eigenvalue weighted by atomic mass is 10.4. The van der Waals surface area contributed by atoms with Crippen LogP contribution in [-0.2, 0) is 0 Å². The summed E-state index contributed by atoms with van der Waals surface area (Å²) in [5.74, 6) is 0. The van der Waals surface area contributed by atoms with E-state index in [9.17, 15) is 0 Å². The molecule has 0 aliphatic rings. The van der Waals surface area contributed by atoms with E-state index in [1.165, 1.54) is 11.3 Å². The fraction of sp³-hybridized carbons (Fsp3) is 0. The fourth-order valence-corrected chi connectivity index (χ4v) is 2.06. The highest BCUT2D eigenvalue weighted by Crippen LogP contribution is 2.24. The minimum absolute atomic E-state index is 0.195. The van der Waals surface area contributed by atoms with Crippen LogP contribution in [0.25, 0.3) is 10.9 Å². The minimum Gasteiger partial charge on any atom is -0.217 e. The van der Waals surface area contributed by atoms with E-state index in [1.807, 2.05) is 10.8 Å². The van der Waals surface area contributed by atoms with E-state index < -0.39 is 0 Å². The molecule has 0 amide bonds. The molecule has 0 aromatic carbocycles. The highest BCUT2D eigenvalue weighted by molar-refractivity contribution is 7.09. The SMILES string of the molecule is Clc1nc(Cl)c2cscc2n1. The van der Waals surface area contributed by atoms with Crippen LogP contribution in [0.3, 0.4) is 0 Å². The van der Waals surface area contributed by atoms with Crippen LogP contribution in [0.5, 0.6) is 0 Å². The van der Waals surface area contributed by atoms with Gasteiger partial charge in [-0.3, -0.25) is 0 Å². The maximum absolute atomic E-state index is 5.77. The van der Waals surface area contributed by atoms with Crippen LogP contribution < -0.4 is 0 Å². The molecule has 2 heterocycles. The van der Waals surface area contributed by atoms with Gasteiger partial charge in [0.15, 0.2) is 0 Å². The first-order chi connectivity index (χ1) is 5.27. The Kier molecular flexibility index (Phi) is 1.71. The van der Waals surface area contributed by atoms with E-state index in [0.29, 0.717) is 5.15 Å². The van der Waals surface area contributed by atoms with Crippen molar-refractivity contribution in [2.45, 2.75) is 0 Å². The van der Waals surface area contributed by atoms with Crippen LogP contribution in [0.15, 0.2) is 10.8 Å². The third kappa shape index (κ3) is 1.20. The van der Waals surface area contributed by atoms with Crippen molar-refractivity contribution in [1.29, 1.82) is 0 Å². The number of thiophene rings is 1. The Morgan fingerprint density at radius 1 is 1.18 bits per heavy atom. The predicted molar refractivity (Wildman–Crippen MR) is 47.4 cm³/mol. The van der Waals surface area contributed by atoms with E-state index in [1.54, 1.807) is 0 Å². The Morgan fingerprint density at radius 2 is 2.00 bits per heavy atom. The summed E-state index contributed by atoms with van der Waals surface area (Å²) in [6.45, 7) is 0. The van der Waals surface area contributed by atoms with Gasteiger partial charge in [0.1, 0.15) is 5.15 Å². The molecule has 2 aromatic heterocycles. The molecule has 0 radical (unpaired) electrons. The zero-order chi connectivity index (χ0) is 7.84. The van der Waals surface area contributed by atoms with Gasteiger partial charge in [0.2, 0.25) is 5.28 Å². The average Bonchev–Trinajstić information content (AvgIpc) is 2.34. The number of aromatic nitrogens is 2. The quantitative estimate of drug-likeness (QED) is 0.488. The summed E-state index contributed by atoms with van der Waals surface area (Å²) in [7, 11) is 0. The summed E-state index contributed by atoms with van der Waals surface area (Å²) >= 11 is 12.9. The summed E-state index contributed by atoms with van der Waals surface area (Å²) in [4.78, 5) is 7.78. The van der Waals surface area contributed by atoms with Crippen molar-refractivity contribution in [1.82, 2.24) is 9.97 Å². The van der Waals surface area contributed by atoms with Crippen molar-refractivity contribution in [3.05, 3.63) is 21.2 Å². The van der Waals surface area contributed by atoms with E-state index in [0.717, 1.165) is 10.9 Å². The lowest BCUT2D eigenvalue weighted by Crippen LogP contribution is -1.82. The van der Waals surface area contributed by atoms with Crippen molar-refractivity contribution in [3.8, 4) is 0 Å². The molecule has 2 aromatic rings. The molecule has 0 saturated carbocycles. The average molecular weight is 205 g/mol. The van der Waals surface area contributed by atoms with Crippen LogP contribution in [0, 0.1) is 0 Å².